The second-order valence-electron chi connectivity index (χ2n) is 5.04. The van der Waals surface area contributed by atoms with Crippen LogP contribution in [-0.2, 0) is 4.79 Å². The molecule has 1 N–H and O–H groups in total. The van der Waals surface area contributed by atoms with E-state index in [1.807, 2.05) is 4.90 Å². The van der Waals surface area contributed by atoms with Crippen molar-refractivity contribution in [2.75, 3.05) is 23.3 Å². The van der Waals surface area contributed by atoms with Gasteiger partial charge in [0.25, 0.3) is 0 Å². The third-order valence-electron chi connectivity index (χ3n) is 3.49. The number of aromatic nitrogens is 2. The van der Waals surface area contributed by atoms with Crippen LogP contribution in [0.25, 0.3) is 0 Å². The Morgan fingerprint density at radius 3 is 2.68 bits per heavy atom. The van der Waals surface area contributed by atoms with Crippen molar-refractivity contribution >= 4 is 34.7 Å². The summed E-state index contributed by atoms with van der Waals surface area (Å²) in [5.74, 6) is 1.17. The minimum absolute atomic E-state index is 0.0498. The Bertz CT molecular complexity index is 700. The number of piperidine rings is 1. The van der Waals surface area contributed by atoms with E-state index in [0.717, 1.165) is 5.82 Å². The van der Waals surface area contributed by atoms with Crippen molar-refractivity contribution in [1.82, 2.24) is 9.97 Å². The number of nitrogens with zero attached hydrogens (tertiary/aromatic N) is 3. The zero-order valence-corrected chi connectivity index (χ0v) is 12.5. The first kappa shape index (κ1) is 14.7. The van der Waals surface area contributed by atoms with Crippen molar-refractivity contribution in [2.45, 2.75) is 12.8 Å². The molecule has 0 bridgehead atoms. The van der Waals surface area contributed by atoms with Crippen LogP contribution >= 0.6 is 11.6 Å². The van der Waals surface area contributed by atoms with Crippen LogP contribution in [0.1, 0.15) is 12.8 Å². The summed E-state index contributed by atoms with van der Waals surface area (Å²) in [7, 11) is 0. The number of halogens is 2. The third kappa shape index (κ3) is 3.33. The maximum Gasteiger partial charge on any atom is 0.141 e. The average Bonchev–Trinajstić information content (AvgIpc) is 2.52. The largest absolute Gasteiger partial charge is 0.356 e. The van der Waals surface area contributed by atoms with Gasteiger partial charge in [0.15, 0.2) is 0 Å². The Labute approximate surface area is 132 Å². The van der Waals surface area contributed by atoms with Crippen molar-refractivity contribution in [3.8, 4) is 0 Å². The number of Topliss-reactive ketones (excluding diaryl/α,β-unsaturated/α-hetero) is 1. The summed E-state index contributed by atoms with van der Waals surface area (Å²) < 4.78 is 13.2. The lowest BCUT2D eigenvalue weighted by Crippen LogP contribution is -2.34. The maximum absolute atomic E-state index is 13.2. The molecular formula is C15H14ClFN4O. The molecule has 114 valence electrons. The van der Waals surface area contributed by atoms with E-state index in [0.29, 0.717) is 37.4 Å². The molecule has 1 fully saturated rings. The fraction of sp³-hybridized carbons (Fsp3) is 0.267. The smallest absolute Gasteiger partial charge is 0.141 e. The number of ketones is 1. The van der Waals surface area contributed by atoms with E-state index in [1.54, 1.807) is 12.1 Å². The maximum atomic E-state index is 13.2. The number of hydrogen-bond acceptors (Lipinski definition) is 5. The molecule has 22 heavy (non-hydrogen) atoms. The van der Waals surface area contributed by atoms with Gasteiger partial charge in [-0.25, -0.2) is 14.4 Å². The summed E-state index contributed by atoms with van der Waals surface area (Å²) in [6, 6.07) is 6.18. The molecule has 1 saturated heterocycles. The second-order valence-corrected chi connectivity index (χ2v) is 5.45. The number of anilines is 3. The van der Waals surface area contributed by atoms with Gasteiger partial charge in [0.1, 0.15) is 29.6 Å². The molecule has 2 heterocycles. The van der Waals surface area contributed by atoms with Crippen molar-refractivity contribution in [3.63, 3.8) is 0 Å². The molecule has 1 aromatic carbocycles. The SMILES string of the molecule is O=C1CCN(c2cc(Nc3ccc(F)c(Cl)c3)ncn2)CC1. The molecule has 0 aliphatic carbocycles. The first-order valence-electron chi connectivity index (χ1n) is 6.92. The fourth-order valence-electron chi connectivity index (χ4n) is 2.30. The van der Waals surface area contributed by atoms with Gasteiger partial charge in [-0.15, -0.1) is 0 Å². The van der Waals surface area contributed by atoms with Gasteiger partial charge < -0.3 is 10.2 Å². The Kier molecular flexibility index (Phi) is 4.20. The van der Waals surface area contributed by atoms with E-state index in [9.17, 15) is 9.18 Å². The van der Waals surface area contributed by atoms with E-state index in [4.69, 9.17) is 11.6 Å². The summed E-state index contributed by atoms with van der Waals surface area (Å²) in [6.07, 6.45) is 2.54. The summed E-state index contributed by atoms with van der Waals surface area (Å²) in [5.41, 5.74) is 0.643. The highest BCUT2D eigenvalue weighted by atomic mass is 35.5. The van der Waals surface area contributed by atoms with Crippen LogP contribution < -0.4 is 10.2 Å². The van der Waals surface area contributed by atoms with E-state index in [1.165, 1.54) is 18.5 Å². The fourth-order valence-corrected chi connectivity index (χ4v) is 2.48. The third-order valence-corrected chi connectivity index (χ3v) is 3.78. The molecule has 2 aromatic rings. The summed E-state index contributed by atoms with van der Waals surface area (Å²) in [6.45, 7) is 1.33. The van der Waals surface area contributed by atoms with Crippen LogP contribution in [0.5, 0.6) is 0 Å². The topological polar surface area (TPSA) is 58.1 Å². The van der Waals surface area contributed by atoms with E-state index in [2.05, 4.69) is 15.3 Å². The lowest BCUT2D eigenvalue weighted by atomic mass is 10.1. The summed E-state index contributed by atoms with van der Waals surface area (Å²) >= 11 is 5.76. The lowest BCUT2D eigenvalue weighted by Gasteiger charge is -2.27. The monoisotopic (exact) mass is 320 g/mol. The zero-order chi connectivity index (χ0) is 15.5. The van der Waals surface area contributed by atoms with Gasteiger partial charge in [0, 0.05) is 37.7 Å². The molecule has 3 rings (SSSR count). The molecule has 0 amide bonds. The lowest BCUT2D eigenvalue weighted by molar-refractivity contribution is -0.119. The number of rotatable bonds is 3. The molecule has 1 aliphatic rings. The van der Waals surface area contributed by atoms with Crippen molar-refractivity contribution in [3.05, 3.63) is 41.4 Å². The molecule has 0 spiro atoms. The molecular weight excluding hydrogens is 307 g/mol. The second kappa shape index (κ2) is 6.27. The first-order chi connectivity index (χ1) is 10.6. The van der Waals surface area contributed by atoms with Crippen LogP contribution in [0, 0.1) is 5.82 Å². The predicted molar refractivity (Wildman–Crippen MR) is 83.2 cm³/mol. The first-order valence-corrected chi connectivity index (χ1v) is 7.30. The van der Waals surface area contributed by atoms with Crippen LogP contribution in [0.4, 0.5) is 21.7 Å². The highest BCUT2D eigenvalue weighted by Crippen LogP contribution is 2.24. The number of carbonyl (C=O) groups excluding carboxylic acids is 1. The summed E-state index contributed by atoms with van der Waals surface area (Å²) in [5, 5.41) is 3.11. The Balaban J connectivity index is 1.76. The van der Waals surface area contributed by atoms with Crippen molar-refractivity contribution < 1.29 is 9.18 Å². The minimum Gasteiger partial charge on any atom is -0.356 e. The zero-order valence-electron chi connectivity index (χ0n) is 11.7. The van der Waals surface area contributed by atoms with E-state index < -0.39 is 5.82 Å². The molecule has 1 aliphatic heterocycles. The Hall–Kier alpha value is -2.21. The molecule has 1 aromatic heterocycles. The molecule has 0 saturated carbocycles. The van der Waals surface area contributed by atoms with Gasteiger partial charge in [-0.2, -0.15) is 0 Å². The quantitative estimate of drug-likeness (QED) is 0.941. The van der Waals surface area contributed by atoms with Gasteiger partial charge >= 0.3 is 0 Å². The normalized spacial score (nSPS) is 15.0. The minimum atomic E-state index is -0.464. The standard InChI is InChI=1S/C15H14ClFN4O/c16-12-7-10(1-2-13(12)17)20-14-8-15(19-9-18-14)21-5-3-11(22)4-6-21/h1-2,7-9H,3-6H2,(H,18,19,20). The van der Waals surface area contributed by atoms with E-state index >= 15 is 0 Å². The average molecular weight is 321 g/mol. The Morgan fingerprint density at radius 1 is 1.18 bits per heavy atom. The molecule has 0 unspecified atom stereocenters. The van der Waals surface area contributed by atoms with Crippen molar-refractivity contribution in [1.29, 1.82) is 0 Å². The van der Waals surface area contributed by atoms with E-state index in [-0.39, 0.29) is 10.8 Å². The number of carbonyl (C=O) groups is 1. The number of nitrogens with one attached hydrogen (secondary N) is 1. The van der Waals surface area contributed by atoms with Crippen LogP contribution in [0.15, 0.2) is 30.6 Å². The van der Waals surface area contributed by atoms with Gasteiger partial charge in [0.2, 0.25) is 0 Å². The van der Waals surface area contributed by atoms with Gasteiger partial charge in [-0.1, -0.05) is 11.6 Å². The highest BCUT2D eigenvalue weighted by molar-refractivity contribution is 6.31. The van der Waals surface area contributed by atoms with Crippen LogP contribution in [-0.4, -0.2) is 28.8 Å². The number of hydrogen-bond donors (Lipinski definition) is 1. The molecule has 0 radical (unpaired) electrons. The van der Waals surface area contributed by atoms with Gasteiger partial charge in [-0.05, 0) is 18.2 Å². The Morgan fingerprint density at radius 2 is 1.95 bits per heavy atom. The highest BCUT2D eigenvalue weighted by Gasteiger charge is 2.17. The molecule has 7 heteroatoms. The van der Waals surface area contributed by atoms with Crippen LogP contribution in [0.3, 0.4) is 0 Å². The predicted octanol–water partition coefficient (Wildman–Crippen LogP) is 3.18. The molecule has 0 atom stereocenters. The van der Waals surface area contributed by atoms with Crippen LogP contribution in [0.2, 0.25) is 5.02 Å². The number of benzene rings is 1. The summed E-state index contributed by atoms with van der Waals surface area (Å²) in [4.78, 5) is 21.7. The molecule has 5 nitrogen and oxygen atoms in total. The van der Waals surface area contributed by atoms with Gasteiger partial charge in [-0.3, -0.25) is 4.79 Å². The van der Waals surface area contributed by atoms with Gasteiger partial charge in [0.05, 0.1) is 5.02 Å². The van der Waals surface area contributed by atoms with Crippen molar-refractivity contribution in [2.24, 2.45) is 0 Å².